The highest BCUT2D eigenvalue weighted by atomic mass is 127. The second kappa shape index (κ2) is 14.7. The molecule has 2 rings (SSSR count). The van der Waals surface area contributed by atoms with E-state index in [0.29, 0.717) is 6.54 Å². The third-order valence-electron chi connectivity index (χ3n) is 4.97. The van der Waals surface area contributed by atoms with E-state index in [1.807, 2.05) is 18.2 Å². The van der Waals surface area contributed by atoms with Crippen LogP contribution in [0.25, 0.3) is 0 Å². The highest BCUT2D eigenvalue weighted by molar-refractivity contribution is 14.0. The maximum atomic E-state index is 5.37. The Balaban J connectivity index is 0.00000420. The molecule has 0 bridgehead atoms. The number of nitrogens with zero attached hydrogens (tertiary/aromatic N) is 3. The van der Waals surface area contributed by atoms with E-state index < -0.39 is 0 Å². The number of guanidine groups is 1. The molecule has 166 valence electrons. The molecule has 1 aromatic rings. The smallest absolute Gasteiger partial charge is 0.191 e. The first-order valence-electron chi connectivity index (χ1n) is 10.3. The van der Waals surface area contributed by atoms with Crippen LogP contribution in [0.3, 0.4) is 0 Å². The number of likely N-dealkylation sites (N-methyl/N-ethyl adjacent to an activating group) is 1. The Bertz CT molecular complexity index is 615. The van der Waals surface area contributed by atoms with Crippen molar-refractivity contribution in [2.24, 2.45) is 4.99 Å². The SMILES string of the molecule is CCNC(=NCc1ccc(OC)c(OC)c1)NCCCN1CCCN(C)CC1.I. The normalized spacial score (nSPS) is 15.9. The zero-order valence-electron chi connectivity index (χ0n) is 18.4. The van der Waals surface area contributed by atoms with Gasteiger partial charge in [-0.3, -0.25) is 0 Å². The molecule has 0 unspecified atom stereocenters. The van der Waals surface area contributed by atoms with Gasteiger partial charge in [-0.25, -0.2) is 4.99 Å². The number of halogens is 1. The van der Waals surface area contributed by atoms with E-state index in [1.54, 1.807) is 14.2 Å². The highest BCUT2D eigenvalue weighted by Crippen LogP contribution is 2.27. The van der Waals surface area contributed by atoms with Crippen LogP contribution in [-0.4, -0.2) is 82.8 Å². The summed E-state index contributed by atoms with van der Waals surface area (Å²) in [7, 11) is 5.51. The molecular weight excluding hydrogens is 481 g/mol. The summed E-state index contributed by atoms with van der Waals surface area (Å²) < 4.78 is 10.7. The molecule has 0 radical (unpaired) electrons. The van der Waals surface area contributed by atoms with E-state index in [0.717, 1.165) is 49.1 Å². The molecule has 0 spiro atoms. The molecule has 1 saturated heterocycles. The lowest BCUT2D eigenvalue weighted by Gasteiger charge is -2.20. The van der Waals surface area contributed by atoms with E-state index in [1.165, 1.54) is 32.6 Å². The van der Waals surface area contributed by atoms with E-state index in [4.69, 9.17) is 14.5 Å². The molecule has 1 aliphatic rings. The van der Waals surface area contributed by atoms with Gasteiger partial charge < -0.3 is 29.9 Å². The van der Waals surface area contributed by atoms with Crippen molar-refractivity contribution in [3.63, 3.8) is 0 Å². The Morgan fingerprint density at radius 2 is 1.86 bits per heavy atom. The number of methoxy groups -OCH3 is 2. The Morgan fingerprint density at radius 3 is 2.59 bits per heavy atom. The Hall–Kier alpha value is -1.26. The van der Waals surface area contributed by atoms with Crippen molar-refractivity contribution < 1.29 is 9.47 Å². The summed E-state index contributed by atoms with van der Waals surface area (Å²) in [6, 6.07) is 5.91. The van der Waals surface area contributed by atoms with Gasteiger partial charge in [-0.15, -0.1) is 24.0 Å². The quantitative estimate of drug-likeness (QED) is 0.226. The van der Waals surface area contributed by atoms with Crippen LogP contribution >= 0.6 is 24.0 Å². The maximum Gasteiger partial charge on any atom is 0.191 e. The monoisotopic (exact) mass is 519 g/mol. The fourth-order valence-electron chi connectivity index (χ4n) is 3.32. The largest absolute Gasteiger partial charge is 0.493 e. The van der Waals surface area contributed by atoms with E-state index in [9.17, 15) is 0 Å². The molecule has 0 saturated carbocycles. The molecule has 0 aliphatic carbocycles. The van der Waals surface area contributed by atoms with Crippen molar-refractivity contribution in [1.82, 2.24) is 20.4 Å². The summed E-state index contributed by atoms with van der Waals surface area (Å²) >= 11 is 0. The van der Waals surface area contributed by atoms with Crippen molar-refractivity contribution in [2.45, 2.75) is 26.3 Å². The molecule has 29 heavy (non-hydrogen) atoms. The second-order valence-electron chi connectivity index (χ2n) is 7.16. The van der Waals surface area contributed by atoms with Gasteiger partial charge in [0.25, 0.3) is 0 Å². The lowest BCUT2D eigenvalue weighted by atomic mass is 10.2. The minimum absolute atomic E-state index is 0. The van der Waals surface area contributed by atoms with Gasteiger partial charge in [0.05, 0.1) is 20.8 Å². The minimum atomic E-state index is 0. The topological polar surface area (TPSA) is 61.4 Å². The van der Waals surface area contributed by atoms with Crippen molar-refractivity contribution in [3.05, 3.63) is 23.8 Å². The Labute approximate surface area is 193 Å². The third-order valence-corrected chi connectivity index (χ3v) is 4.97. The molecule has 2 N–H and O–H groups in total. The van der Waals surface area contributed by atoms with E-state index >= 15 is 0 Å². The van der Waals surface area contributed by atoms with Gasteiger partial charge in [0, 0.05) is 26.2 Å². The lowest BCUT2D eigenvalue weighted by molar-refractivity contribution is 0.274. The number of hydrogen-bond donors (Lipinski definition) is 2. The number of ether oxygens (including phenoxy) is 2. The lowest BCUT2D eigenvalue weighted by Crippen LogP contribution is -2.39. The van der Waals surface area contributed by atoms with Crippen LogP contribution in [0.2, 0.25) is 0 Å². The van der Waals surface area contributed by atoms with Crippen LogP contribution in [0.4, 0.5) is 0 Å². The van der Waals surface area contributed by atoms with E-state index in [-0.39, 0.29) is 24.0 Å². The fourth-order valence-corrected chi connectivity index (χ4v) is 3.32. The summed E-state index contributed by atoms with van der Waals surface area (Å²) in [5, 5.41) is 6.77. The van der Waals surface area contributed by atoms with Crippen LogP contribution in [0.1, 0.15) is 25.3 Å². The molecule has 7 nitrogen and oxygen atoms in total. The summed E-state index contributed by atoms with van der Waals surface area (Å²) in [5.74, 6) is 2.32. The van der Waals surface area contributed by atoms with Crippen molar-refractivity contribution in [1.29, 1.82) is 0 Å². The first-order chi connectivity index (χ1) is 13.7. The molecule has 0 atom stereocenters. The molecule has 0 aromatic heterocycles. The predicted octanol–water partition coefficient (Wildman–Crippen LogP) is 2.40. The van der Waals surface area contributed by atoms with Crippen LogP contribution in [0.5, 0.6) is 11.5 Å². The average molecular weight is 519 g/mol. The van der Waals surface area contributed by atoms with Gasteiger partial charge in [0.15, 0.2) is 17.5 Å². The molecule has 1 aliphatic heterocycles. The number of nitrogens with one attached hydrogen (secondary N) is 2. The first-order valence-corrected chi connectivity index (χ1v) is 10.3. The zero-order valence-corrected chi connectivity index (χ0v) is 20.7. The first kappa shape index (κ1) is 25.8. The van der Waals surface area contributed by atoms with E-state index in [2.05, 4.69) is 34.4 Å². The van der Waals surface area contributed by atoms with Crippen molar-refractivity contribution in [2.75, 3.05) is 67.1 Å². The van der Waals surface area contributed by atoms with Gasteiger partial charge in [-0.05, 0) is 64.1 Å². The predicted molar refractivity (Wildman–Crippen MR) is 131 cm³/mol. The summed E-state index contributed by atoms with van der Waals surface area (Å²) in [4.78, 5) is 9.69. The number of aliphatic imine (C=N–C) groups is 1. The molecule has 1 fully saturated rings. The van der Waals surface area contributed by atoms with Gasteiger partial charge in [-0.1, -0.05) is 6.07 Å². The highest BCUT2D eigenvalue weighted by Gasteiger charge is 2.11. The fraction of sp³-hybridized carbons (Fsp3) is 0.667. The summed E-state index contributed by atoms with van der Waals surface area (Å²) in [6.07, 6.45) is 2.38. The second-order valence-corrected chi connectivity index (χ2v) is 7.16. The molecule has 1 heterocycles. The van der Waals surface area contributed by atoms with Crippen LogP contribution in [-0.2, 0) is 6.54 Å². The maximum absolute atomic E-state index is 5.37. The Kier molecular flexibility index (Phi) is 13.0. The van der Waals surface area contributed by atoms with Crippen LogP contribution < -0.4 is 20.1 Å². The molecule has 8 heteroatoms. The molecular formula is C21H38IN5O2. The summed E-state index contributed by atoms with van der Waals surface area (Å²) in [5.41, 5.74) is 1.09. The number of rotatable bonds is 9. The number of benzene rings is 1. The van der Waals surface area contributed by atoms with Gasteiger partial charge in [-0.2, -0.15) is 0 Å². The van der Waals surface area contributed by atoms with Gasteiger partial charge in [0.1, 0.15) is 0 Å². The molecule has 1 aromatic carbocycles. The van der Waals surface area contributed by atoms with Gasteiger partial charge in [0.2, 0.25) is 0 Å². The summed E-state index contributed by atoms with van der Waals surface area (Å²) in [6.45, 7) is 10.3. The van der Waals surface area contributed by atoms with Gasteiger partial charge >= 0.3 is 0 Å². The van der Waals surface area contributed by atoms with Crippen LogP contribution in [0.15, 0.2) is 23.2 Å². The average Bonchev–Trinajstić information content (AvgIpc) is 2.93. The number of hydrogen-bond acceptors (Lipinski definition) is 5. The minimum Gasteiger partial charge on any atom is -0.493 e. The molecule has 0 amide bonds. The zero-order chi connectivity index (χ0) is 20.2. The standard InChI is InChI=1S/C21H37N5O2.HI/c1-5-22-21(23-10-6-12-26-13-7-11-25(2)14-15-26)24-17-18-8-9-19(27-3)20(16-18)28-4;/h8-9,16H,5-7,10-15,17H2,1-4H3,(H2,22,23,24);1H. The third kappa shape index (κ3) is 9.39. The Morgan fingerprint density at radius 1 is 1.07 bits per heavy atom. The van der Waals surface area contributed by atoms with Crippen molar-refractivity contribution >= 4 is 29.9 Å². The van der Waals surface area contributed by atoms with Crippen molar-refractivity contribution in [3.8, 4) is 11.5 Å². The van der Waals surface area contributed by atoms with Crippen LogP contribution in [0, 0.1) is 0 Å².